The molecule has 4 nitrogen and oxygen atoms in total. The molecule has 6 heteroatoms. The molecule has 2 heterocycles. The van der Waals surface area contributed by atoms with Crippen LogP contribution in [0.25, 0.3) is 11.0 Å². The van der Waals surface area contributed by atoms with Crippen LogP contribution in [0.15, 0.2) is 29.5 Å². The summed E-state index contributed by atoms with van der Waals surface area (Å²) in [7, 11) is 0. The Kier molecular flexibility index (Phi) is 3.22. The zero-order valence-electron chi connectivity index (χ0n) is 11.2. The van der Waals surface area contributed by atoms with Crippen LogP contribution in [0.2, 0.25) is 0 Å². The zero-order chi connectivity index (χ0) is 14.3. The Bertz CT molecular complexity index is 732. The van der Waals surface area contributed by atoms with Crippen LogP contribution in [0.4, 0.5) is 5.95 Å². The third-order valence-electron chi connectivity index (χ3n) is 3.48. The van der Waals surface area contributed by atoms with Crippen molar-refractivity contribution in [3.05, 3.63) is 40.7 Å². The van der Waals surface area contributed by atoms with Crippen LogP contribution in [0.5, 0.6) is 0 Å². The molecule has 1 unspecified atom stereocenters. The molecule has 0 fully saturated rings. The van der Waals surface area contributed by atoms with Crippen molar-refractivity contribution >= 4 is 40.2 Å². The van der Waals surface area contributed by atoms with Gasteiger partial charge in [-0.05, 0) is 31.6 Å². The minimum Gasteiger partial charge on any atom is -0.343 e. The van der Waals surface area contributed by atoms with E-state index in [0.717, 1.165) is 16.7 Å². The van der Waals surface area contributed by atoms with Crippen molar-refractivity contribution in [1.29, 1.82) is 0 Å². The van der Waals surface area contributed by atoms with Gasteiger partial charge in [0, 0.05) is 28.7 Å². The lowest BCUT2D eigenvalue weighted by Crippen LogP contribution is -2.31. The first-order valence-electron chi connectivity index (χ1n) is 6.31. The Labute approximate surface area is 126 Å². The van der Waals surface area contributed by atoms with E-state index < -0.39 is 5.00 Å². The van der Waals surface area contributed by atoms with Crippen molar-refractivity contribution in [2.45, 2.75) is 25.3 Å². The molecule has 0 amide bonds. The maximum atomic E-state index is 6.47. The third-order valence-corrected chi connectivity index (χ3v) is 4.14. The fourth-order valence-electron chi connectivity index (χ4n) is 2.16. The number of aromatic amines is 1. The summed E-state index contributed by atoms with van der Waals surface area (Å²) in [5, 5.41) is 4.85. The summed E-state index contributed by atoms with van der Waals surface area (Å²) >= 11 is 12.4. The number of hydrogen-bond acceptors (Lipinski definition) is 3. The highest BCUT2D eigenvalue weighted by molar-refractivity contribution is 6.32. The number of alkyl halides is 1. The molecule has 1 aliphatic rings. The molecule has 1 aliphatic carbocycles. The van der Waals surface area contributed by atoms with Gasteiger partial charge in [-0.2, -0.15) is 4.98 Å². The summed E-state index contributed by atoms with van der Waals surface area (Å²) in [5.74, 6) is 0.491. The van der Waals surface area contributed by atoms with Gasteiger partial charge in [0.2, 0.25) is 5.95 Å². The number of halogens is 2. The predicted molar refractivity (Wildman–Crippen MR) is 83.3 cm³/mol. The summed E-state index contributed by atoms with van der Waals surface area (Å²) < 4.78 is 0. The van der Waals surface area contributed by atoms with Crippen LogP contribution < -0.4 is 5.32 Å². The summed E-state index contributed by atoms with van der Waals surface area (Å²) in [6.45, 7) is 4.06. The van der Waals surface area contributed by atoms with Crippen molar-refractivity contribution in [2.75, 3.05) is 5.32 Å². The Hall–Kier alpha value is -1.52. The van der Waals surface area contributed by atoms with Gasteiger partial charge in [0.25, 0.3) is 0 Å². The predicted octanol–water partition coefficient (Wildman–Crippen LogP) is 4.00. The van der Waals surface area contributed by atoms with Crippen LogP contribution in [-0.4, -0.2) is 20.0 Å². The van der Waals surface area contributed by atoms with E-state index in [-0.39, 0.29) is 0 Å². The highest BCUT2D eigenvalue weighted by Gasteiger charge is 2.26. The number of aromatic nitrogens is 3. The normalized spacial score (nSPS) is 22.1. The summed E-state index contributed by atoms with van der Waals surface area (Å²) in [5.41, 5.74) is 3.07. The highest BCUT2D eigenvalue weighted by Crippen LogP contribution is 2.30. The van der Waals surface area contributed by atoms with E-state index in [1.807, 2.05) is 26.0 Å². The average molecular weight is 309 g/mol. The first-order valence-corrected chi connectivity index (χ1v) is 7.06. The molecule has 0 bridgehead atoms. The monoisotopic (exact) mass is 308 g/mol. The van der Waals surface area contributed by atoms with Crippen molar-refractivity contribution in [1.82, 2.24) is 15.0 Å². The number of nitrogens with zero attached hydrogens (tertiary/aromatic N) is 2. The molecule has 20 heavy (non-hydrogen) atoms. The Balaban J connectivity index is 1.90. The first kappa shape index (κ1) is 13.5. The van der Waals surface area contributed by atoms with Crippen molar-refractivity contribution in [2.24, 2.45) is 0 Å². The molecule has 2 aromatic heterocycles. The van der Waals surface area contributed by atoms with E-state index in [1.54, 1.807) is 12.3 Å². The van der Waals surface area contributed by atoms with Crippen LogP contribution >= 0.6 is 23.2 Å². The smallest absolute Gasteiger partial charge is 0.226 e. The van der Waals surface area contributed by atoms with Gasteiger partial charge in [0.05, 0.1) is 0 Å². The van der Waals surface area contributed by atoms with Gasteiger partial charge in [-0.1, -0.05) is 29.3 Å². The summed E-state index contributed by atoms with van der Waals surface area (Å²) in [6.07, 6.45) is 7.83. The van der Waals surface area contributed by atoms with Crippen LogP contribution in [0.3, 0.4) is 0 Å². The molecular formula is C14H14Cl2N4. The highest BCUT2D eigenvalue weighted by atomic mass is 35.5. The number of aryl methyl sites for hydroxylation is 2. The lowest BCUT2D eigenvalue weighted by molar-refractivity contribution is 0.785. The number of anilines is 1. The largest absolute Gasteiger partial charge is 0.343 e. The molecule has 0 saturated carbocycles. The Morgan fingerprint density at radius 3 is 2.90 bits per heavy atom. The molecule has 2 aromatic rings. The van der Waals surface area contributed by atoms with E-state index in [9.17, 15) is 0 Å². The van der Waals surface area contributed by atoms with Crippen LogP contribution in [-0.2, 0) is 0 Å². The number of allylic oxidation sites excluding steroid dienone is 2. The minimum absolute atomic E-state index is 0.491. The van der Waals surface area contributed by atoms with E-state index in [4.69, 9.17) is 23.2 Å². The standard InChI is InChI=1S/C14H14Cl2N4/c1-8-9(2)18-12-11(8)7-17-13(19-12)20-14(16)5-3-10(15)4-6-14/h3-5,7H,6H2,1-2H3,(H2,17,18,19,20). The lowest BCUT2D eigenvalue weighted by atomic mass is 10.1. The van der Waals surface area contributed by atoms with Gasteiger partial charge < -0.3 is 10.3 Å². The van der Waals surface area contributed by atoms with Gasteiger partial charge in [-0.15, -0.1) is 0 Å². The van der Waals surface area contributed by atoms with Gasteiger partial charge in [-0.25, -0.2) is 4.98 Å². The third kappa shape index (κ3) is 2.41. The topological polar surface area (TPSA) is 53.6 Å². The quantitative estimate of drug-likeness (QED) is 0.651. The van der Waals surface area contributed by atoms with Crippen LogP contribution in [0.1, 0.15) is 17.7 Å². The van der Waals surface area contributed by atoms with E-state index >= 15 is 0 Å². The molecule has 0 aromatic carbocycles. The van der Waals surface area contributed by atoms with Crippen LogP contribution in [0, 0.1) is 13.8 Å². The fourth-order valence-corrected chi connectivity index (χ4v) is 2.52. The number of rotatable bonds is 2. The van der Waals surface area contributed by atoms with Crippen molar-refractivity contribution in [3.8, 4) is 0 Å². The summed E-state index contributed by atoms with van der Waals surface area (Å²) in [4.78, 5) is 11.3. The Morgan fingerprint density at radius 1 is 1.40 bits per heavy atom. The maximum Gasteiger partial charge on any atom is 0.226 e. The maximum absolute atomic E-state index is 6.47. The fraction of sp³-hybridized carbons (Fsp3) is 0.286. The van der Waals surface area contributed by atoms with Gasteiger partial charge in [0.1, 0.15) is 10.6 Å². The molecule has 0 spiro atoms. The van der Waals surface area contributed by atoms with E-state index in [2.05, 4.69) is 20.3 Å². The zero-order valence-corrected chi connectivity index (χ0v) is 12.7. The van der Waals surface area contributed by atoms with Crippen molar-refractivity contribution < 1.29 is 0 Å². The average Bonchev–Trinajstić information content (AvgIpc) is 2.69. The number of H-pyrrole nitrogens is 1. The molecule has 0 radical (unpaired) electrons. The molecule has 0 aliphatic heterocycles. The first-order chi connectivity index (χ1) is 9.47. The molecule has 1 atom stereocenters. The van der Waals surface area contributed by atoms with E-state index in [1.165, 1.54) is 5.56 Å². The molecule has 2 N–H and O–H groups in total. The number of fused-ring (bicyclic) bond motifs is 1. The minimum atomic E-state index is -0.733. The van der Waals surface area contributed by atoms with Crippen molar-refractivity contribution in [3.63, 3.8) is 0 Å². The second-order valence-electron chi connectivity index (χ2n) is 4.94. The van der Waals surface area contributed by atoms with E-state index in [0.29, 0.717) is 17.4 Å². The molecule has 0 saturated heterocycles. The second kappa shape index (κ2) is 4.79. The number of hydrogen-bond donors (Lipinski definition) is 2. The number of nitrogens with one attached hydrogen (secondary N) is 2. The summed E-state index contributed by atoms with van der Waals surface area (Å²) in [6, 6.07) is 0. The SMILES string of the molecule is Cc1[nH]c2nc(NC3(Cl)C=CC(Cl)=CC3)ncc2c1C. The molecule has 3 rings (SSSR count). The Morgan fingerprint density at radius 2 is 2.20 bits per heavy atom. The molecule has 104 valence electrons. The lowest BCUT2D eigenvalue weighted by Gasteiger charge is -2.25. The second-order valence-corrected chi connectivity index (χ2v) is 6.06. The van der Waals surface area contributed by atoms with Gasteiger partial charge >= 0.3 is 0 Å². The van der Waals surface area contributed by atoms with Gasteiger partial charge in [-0.3, -0.25) is 0 Å². The molecular weight excluding hydrogens is 295 g/mol. The van der Waals surface area contributed by atoms with Gasteiger partial charge in [0.15, 0.2) is 0 Å².